The molecule has 94 valence electrons. The predicted octanol–water partition coefficient (Wildman–Crippen LogP) is 2.07. The number of rotatable bonds is 4. The number of hydrogen-bond donors (Lipinski definition) is 2. The zero-order valence-corrected chi connectivity index (χ0v) is 11.0. The van der Waals surface area contributed by atoms with Crippen LogP contribution >= 0.6 is 22.7 Å². The molecular weight excluding hydrogens is 272 g/mol. The Labute approximate surface area is 111 Å². The molecule has 5 nitrogen and oxygen atoms in total. The zero-order chi connectivity index (χ0) is 13.1. The summed E-state index contributed by atoms with van der Waals surface area (Å²) in [4.78, 5) is 27.5. The molecule has 2 aromatic heterocycles. The fraction of sp³-hybridized carbons (Fsp3) is 0.182. The largest absolute Gasteiger partial charge is 0.480 e. The third-order valence-corrected chi connectivity index (χ3v) is 4.07. The van der Waals surface area contributed by atoms with Crippen molar-refractivity contribution >= 4 is 34.6 Å². The lowest BCUT2D eigenvalue weighted by atomic mass is 10.3. The number of nitrogens with zero attached hydrogens (tertiary/aromatic N) is 1. The molecule has 0 fully saturated rings. The monoisotopic (exact) mass is 282 g/mol. The summed E-state index contributed by atoms with van der Waals surface area (Å²) in [6.45, 7) is 1.41. The molecule has 0 aliphatic carbocycles. The van der Waals surface area contributed by atoms with Crippen molar-refractivity contribution < 1.29 is 14.7 Å². The van der Waals surface area contributed by atoms with Crippen LogP contribution in [0.2, 0.25) is 0 Å². The minimum atomic E-state index is -1.07. The van der Waals surface area contributed by atoms with E-state index in [1.807, 2.05) is 17.5 Å². The van der Waals surface area contributed by atoms with E-state index < -0.39 is 17.9 Å². The molecule has 0 aromatic carbocycles. The first-order valence-electron chi connectivity index (χ1n) is 5.11. The minimum absolute atomic E-state index is 0.247. The summed E-state index contributed by atoms with van der Waals surface area (Å²) in [7, 11) is 0. The Kier molecular flexibility index (Phi) is 3.73. The molecule has 0 radical (unpaired) electrons. The van der Waals surface area contributed by atoms with Crippen LogP contribution in [0.25, 0.3) is 9.88 Å². The summed E-state index contributed by atoms with van der Waals surface area (Å²) in [5.74, 6) is -1.54. The molecule has 0 bridgehead atoms. The highest BCUT2D eigenvalue weighted by Gasteiger charge is 2.17. The van der Waals surface area contributed by atoms with E-state index >= 15 is 0 Å². The van der Waals surface area contributed by atoms with Gasteiger partial charge in [0.2, 0.25) is 0 Å². The van der Waals surface area contributed by atoms with Crippen molar-refractivity contribution in [2.45, 2.75) is 13.0 Å². The quantitative estimate of drug-likeness (QED) is 0.899. The molecule has 0 saturated carbocycles. The second-order valence-electron chi connectivity index (χ2n) is 3.55. The van der Waals surface area contributed by atoms with Gasteiger partial charge < -0.3 is 10.4 Å². The van der Waals surface area contributed by atoms with Crippen LogP contribution in [-0.4, -0.2) is 28.0 Å². The van der Waals surface area contributed by atoms with Gasteiger partial charge in [-0.1, -0.05) is 6.07 Å². The number of carboxylic acids is 1. The molecule has 0 saturated heterocycles. The van der Waals surface area contributed by atoms with Crippen LogP contribution in [0, 0.1) is 0 Å². The maximum atomic E-state index is 11.7. The number of amides is 1. The van der Waals surface area contributed by atoms with Crippen molar-refractivity contribution in [3.05, 3.63) is 28.6 Å². The van der Waals surface area contributed by atoms with Crippen molar-refractivity contribution in [1.82, 2.24) is 10.3 Å². The Morgan fingerprint density at radius 1 is 1.44 bits per heavy atom. The van der Waals surface area contributed by atoms with E-state index in [0.29, 0.717) is 0 Å². The number of carboxylic acid groups (broad SMARTS) is 1. The van der Waals surface area contributed by atoms with Gasteiger partial charge in [0.1, 0.15) is 16.7 Å². The Morgan fingerprint density at radius 2 is 2.22 bits per heavy atom. The van der Waals surface area contributed by atoms with Gasteiger partial charge in [-0.2, -0.15) is 0 Å². The third kappa shape index (κ3) is 2.74. The maximum absolute atomic E-state index is 11.7. The molecule has 18 heavy (non-hydrogen) atoms. The van der Waals surface area contributed by atoms with Crippen LogP contribution < -0.4 is 5.32 Å². The average molecular weight is 282 g/mol. The van der Waals surface area contributed by atoms with Crippen molar-refractivity contribution in [2.75, 3.05) is 0 Å². The van der Waals surface area contributed by atoms with Crippen LogP contribution in [0.15, 0.2) is 22.9 Å². The number of aliphatic carboxylic acids is 1. The Hall–Kier alpha value is -1.73. The van der Waals surface area contributed by atoms with Gasteiger partial charge in [0, 0.05) is 5.38 Å². The van der Waals surface area contributed by atoms with Gasteiger partial charge in [-0.05, 0) is 18.4 Å². The van der Waals surface area contributed by atoms with Gasteiger partial charge in [-0.25, -0.2) is 4.98 Å². The molecule has 1 amide bonds. The number of thiazole rings is 1. The molecule has 1 atom stereocenters. The number of hydrogen-bond acceptors (Lipinski definition) is 5. The second-order valence-corrected chi connectivity index (χ2v) is 5.35. The fourth-order valence-electron chi connectivity index (χ4n) is 1.22. The first kappa shape index (κ1) is 12.7. The molecule has 2 heterocycles. The molecule has 0 spiro atoms. The van der Waals surface area contributed by atoms with E-state index in [4.69, 9.17) is 5.11 Å². The highest BCUT2D eigenvalue weighted by atomic mass is 32.1. The molecule has 0 aliphatic rings. The lowest BCUT2D eigenvalue weighted by Crippen LogP contribution is -2.38. The normalized spacial score (nSPS) is 12.1. The van der Waals surface area contributed by atoms with Crippen LogP contribution in [-0.2, 0) is 4.79 Å². The van der Waals surface area contributed by atoms with Crippen LogP contribution in [0.4, 0.5) is 0 Å². The number of aromatic nitrogens is 1. The van der Waals surface area contributed by atoms with E-state index in [1.54, 1.807) is 16.7 Å². The van der Waals surface area contributed by atoms with Crippen molar-refractivity contribution in [3.63, 3.8) is 0 Å². The van der Waals surface area contributed by atoms with E-state index in [9.17, 15) is 9.59 Å². The summed E-state index contributed by atoms with van der Waals surface area (Å²) >= 11 is 2.90. The number of nitrogens with one attached hydrogen (secondary N) is 1. The van der Waals surface area contributed by atoms with Gasteiger partial charge in [-0.15, -0.1) is 22.7 Å². The van der Waals surface area contributed by atoms with Crippen LogP contribution in [0.1, 0.15) is 17.4 Å². The van der Waals surface area contributed by atoms with Crippen LogP contribution in [0.3, 0.4) is 0 Å². The van der Waals surface area contributed by atoms with Gasteiger partial charge in [0.15, 0.2) is 0 Å². The second kappa shape index (κ2) is 5.28. The summed E-state index contributed by atoms with van der Waals surface area (Å²) in [6, 6.07) is 2.91. The molecule has 2 aromatic rings. The molecular formula is C11H10N2O3S2. The van der Waals surface area contributed by atoms with E-state index in [2.05, 4.69) is 10.3 Å². The minimum Gasteiger partial charge on any atom is -0.480 e. The Balaban J connectivity index is 2.11. The van der Waals surface area contributed by atoms with Gasteiger partial charge in [0.25, 0.3) is 5.91 Å². The summed E-state index contributed by atoms with van der Waals surface area (Å²) in [6.07, 6.45) is 0. The van der Waals surface area contributed by atoms with Gasteiger partial charge >= 0.3 is 5.97 Å². The maximum Gasteiger partial charge on any atom is 0.325 e. The van der Waals surface area contributed by atoms with E-state index in [-0.39, 0.29) is 5.69 Å². The van der Waals surface area contributed by atoms with Crippen LogP contribution in [0.5, 0.6) is 0 Å². The van der Waals surface area contributed by atoms with Gasteiger partial charge in [0.05, 0.1) is 4.88 Å². The lowest BCUT2D eigenvalue weighted by Gasteiger charge is -2.06. The standard InChI is InChI=1S/C11H10N2O3S2/c1-6(11(15)16)12-9(14)7-5-18-10(13-7)8-3-2-4-17-8/h2-6H,1H3,(H,12,14)(H,15,16)/t6-/m0/s1. The Morgan fingerprint density at radius 3 is 2.83 bits per heavy atom. The highest BCUT2D eigenvalue weighted by Crippen LogP contribution is 2.27. The van der Waals surface area contributed by atoms with E-state index in [1.165, 1.54) is 18.3 Å². The third-order valence-electron chi connectivity index (χ3n) is 2.19. The molecule has 0 unspecified atom stereocenters. The Bertz CT molecular complexity index is 563. The summed E-state index contributed by atoms with van der Waals surface area (Å²) in [5, 5.41) is 15.4. The van der Waals surface area contributed by atoms with Crippen molar-refractivity contribution in [3.8, 4) is 9.88 Å². The fourth-order valence-corrected chi connectivity index (χ4v) is 2.84. The highest BCUT2D eigenvalue weighted by molar-refractivity contribution is 7.20. The zero-order valence-electron chi connectivity index (χ0n) is 9.41. The summed E-state index contributed by atoms with van der Waals surface area (Å²) in [5.41, 5.74) is 0.247. The average Bonchev–Trinajstić information content (AvgIpc) is 2.99. The first-order valence-corrected chi connectivity index (χ1v) is 6.87. The lowest BCUT2D eigenvalue weighted by molar-refractivity contribution is -0.138. The smallest absolute Gasteiger partial charge is 0.325 e. The first-order chi connectivity index (χ1) is 8.58. The molecule has 2 N–H and O–H groups in total. The SMILES string of the molecule is C[C@H](NC(=O)c1csc(-c2cccs2)n1)C(=O)O. The van der Waals surface area contributed by atoms with Crippen molar-refractivity contribution in [2.24, 2.45) is 0 Å². The molecule has 2 rings (SSSR count). The molecule has 0 aliphatic heterocycles. The summed E-state index contributed by atoms with van der Waals surface area (Å²) < 4.78 is 0. The van der Waals surface area contributed by atoms with Gasteiger partial charge in [-0.3, -0.25) is 9.59 Å². The predicted molar refractivity (Wildman–Crippen MR) is 70.0 cm³/mol. The topological polar surface area (TPSA) is 79.3 Å². The number of carbonyl (C=O) groups is 2. The molecule has 7 heteroatoms. The number of carbonyl (C=O) groups excluding carboxylic acids is 1. The van der Waals surface area contributed by atoms with E-state index in [0.717, 1.165) is 9.88 Å². The number of thiophene rings is 1. The van der Waals surface area contributed by atoms with Crippen molar-refractivity contribution in [1.29, 1.82) is 0 Å².